The summed E-state index contributed by atoms with van der Waals surface area (Å²) >= 11 is 1.76. The zero-order valence-electron chi connectivity index (χ0n) is 11.4. The molecule has 0 bridgehead atoms. The van der Waals surface area contributed by atoms with Gasteiger partial charge < -0.3 is 9.73 Å². The molecule has 0 aliphatic heterocycles. The summed E-state index contributed by atoms with van der Waals surface area (Å²) in [6.07, 6.45) is 2.71. The quantitative estimate of drug-likeness (QED) is 0.662. The van der Waals surface area contributed by atoms with Gasteiger partial charge in [-0.15, -0.1) is 11.3 Å². The fourth-order valence-corrected chi connectivity index (χ4v) is 3.07. The molecule has 0 aliphatic carbocycles. The van der Waals surface area contributed by atoms with Crippen LogP contribution in [0, 0.1) is 0 Å². The summed E-state index contributed by atoms with van der Waals surface area (Å²) in [5.74, 6) is 0.980. The van der Waals surface area contributed by atoms with Crippen LogP contribution >= 0.6 is 11.3 Å². The van der Waals surface area contributed by atoms with Crippen LogP contribution in [0.4, 0.5) is 5.69 Å². The monoisotopic (exact) mass is 283 g/mol. The average Bonchev–Trinajstić information content (AvgIpc) is 3.18. The number of anilines is 1. The van der Waals surface area contributed by atoms with E-state index < -0.39 is 0 Å². The molecule has 2 aromatic heterocycles. The van der Waals surface area contributed by atoms with Crippen molar-refractivity contribution in [2.24, 2.45) is 0 Å². The molecule has 102 valence electrons. The van der Waals surface area contributed by atoms with Gasteiger partial charge in [0.25, 0.3) is 0 Å². The van der Waals surface area contributed by atoms with E-state index in [-0.39, 0.29) is 6.04 Å². The number of hydrogen-bond acceptors (Lipinski definition) is 3. The molecule has 2 heterocycles. The minimum Gasteiger partial charge on any atom is -0.467 e. The summed E-state index contributed by atoms with van der Waals surface area (Å²) in [7, 11) is 0. The third-order valence-corrected chi connectivity index (χ3v) is 4.24. The van der Waals surface area contributed by atoms with Gasteiger partial charge in [0, 0.05) is 16.1 Å². The van der Waals surface area contributed by atoms with Crippen molar-refractivity contribution in [2.45, 2.75) is 19.4 Å². The van der Waals surface area contributed by atoms with Gasteiger partial charge >= 0.3 is 0 Å². The molecule has 1 N–H and O–H groups in total. The highest BCUT2D eigenvalue weighted by atomic mass is 32.1. The lowest BCUT2D eigenvalue weighted by molar-refractivity contribution is 0.474. The van der Waals surface area contributed by atoms with Gasteiger partial charge in [-0.3, -0.25) is 0 Å². The topological polar surface area (TPSA) is 25.2 Å². The maximum Gasteiger partial charge on any atom is 0.125 e. The Balaban J connectivity index is 1.91. The molecule has 0 amide bonds. The van der Waals surface area contributed by atoms with E-state index in [1.807, 2.05) is 12.1 Å². The highest BCUT2D eigenvalue weighted by molar-refractivity contribution is 7.13. The molecule has 0 aliphatic rings. The van der Waals surface area contributed by atoms with Crippen LogP contribution in [0.3, 0.4) is 0 Å². The first-order valence-corrected chi connectivity index (χ1v) is 7.69. The van der Waals surface area contributed by atoms with Crippen molar-refractivity contribution < 1.29 is 4.42 Å². The van der Waals surface area contributed by atoms with Gasteiger partial charge in [-0.05, 0) is 36.1 Å². The van der Waals surface area contributed by atoms with Crippen LogP contribution in [0.1, 0.15) is 25.1 Å². The molecule has 0 fully saturated rings. The number of furan rings is 1. The number of hydrogen-bond donors (Lipinski definition) is 1. The van der Waals surface area contributed by atoms with Crippen LogP contribution in [0.25, 0.3) is 10.4 Å². The molecule has 3 aromatic rings. The van der Waals surface area contributed by atoms with Crippen molar-refractivity contribution in [1.29, 1.82) is 0 Å². The van der Waals surface area contributed by atoms with Crippen LogP contribution < -0.4 is 5.32 Å². The van der Waals surface area contributed by atoms with Gasteiger partial charge in [-0.2, -0.15) is 0 Å². The molecule has 0 spiro atoms. The maximum atomic E-state index is 5.53. The number of thiophene rings is 1. The van der Waals surface area contributed by atoms with Crippen molar-refractivity contribution >= 4 is 17.0 Å². The first kappa shape index (κ1) is 13.0. The van der Waals surface area contributed by atoms with Crippen LogP contribution in [-0.2, 0) is 0 Å². The Kier molecular flexibility index (Phi) is 3.88. The van der Waals surface area contributed by atoms with Gasteiger partial charge in [-0.1, -0.05) is 31.2 Å². The first-order valence-electron chi connectivity index (χ1n) is 6.81. The number of para-hydroxylation sites is 1. The summed E-state index contributed by atoms with van der Waals surface area (Å²) < 4.78 is 5.53. The van der Waals surface area contributed by atoms with Crippen molar-refractivity contribution in [2.75, 3.05) is 5.32 Å². The fourth-order valence-electron chi connectivity index (χ4n) is 2.31. The van der Waals surface area contributed by atoms with Crippen molar-refractivity contribution in [3.05, 3.63) is 65.9 Å². The van der Waals surface area contributed by atoms with E-state index >= 15 is 0 Å². The van der Waals surface area contributed by atoms with E-state index in [2.05, 4.69) is 54.0 Å². The Morgan fingerprint density at radius 2 is 2.00 bits per heavy atom. The van der Waals surface area contributed by atoms with E-state index in [4.69, 9.17) is 4.42 Å². The maximum absolute atomic E-state index is 5.53. The zero-order chi connectivity index (χ0) is 13.8. The second kappa shape index (κ2) is 5.97. The number of rotatable bonds is 5. The van der Waals surface area contributed by atoms with E-state index in [9.17, 15) is 0 Å². The van der Waals surface area contributed by atoms with Crippen LogP contribution in [-0.4, -0.2) is 0 Å². The van der Waals surface area contributed by atoms with Gasteiger partial charge in [0.2, 0.25) is 0 Å². The number of benzene rings is 1. The largest absolute Gasteiger partial charge is 0.467 e. The highest BCUT2D eigenvalue weighted by Crippen LogP contribution is 2.34. The first-order chi connectivity index (χ1) is 9.88. The van der Waals surface area contributed by atoms with Crippen LogP contribution in [0.15, 0.2) is 64.6 Å². The van der Waals surface area contributed by atoms with Crippen molar-refractivity contribution in [3.8, 4) is 10.4 Å². The standard InChI is InChI=1S/C17H17NOS/c1-2-14(16-9-5-11-19-16)18-15-8-4-3-7-13(15)17-10-6-12-20-17/h3-12,14,18H,2H2,1H3. The van der Waals surface area contributed by atoms with E-state index in [1.165, 1.54) is 10.4 Å². The number of nitrogens with one attached hydrogen (secondary N) is 1. The molecule has 0 saturated heterocycles. The Hall–Kier alpha value is -2.00. The highest BCUT2D eigenvalue weighted by Gasteiger charge is 2.14. The Morgan fingerprint density at radius 1 is 1.10 bits per heavy atom. The minimum absolute atomic E-state index is 0.200. The summed E-state index contributed by atoms with van der Waals surface area (Å²) in [6.45, 7) is 2.16. The Bertz CT molecular complexity index is 643. The van der Waals surface area contributed by atoms with E-state index in [0.717, 1.165) is 17.9 Å². The summed E-state index contributed by atoms with van der Waals surface area (Å²) in [4.78, 5) is 1.28. The molecule has 0 saturated carbocycles. The van der Waals surface area contributed by atoms with Gasteiger partial charge in [0.15, 0.2) is 0 Å². The SMILES string of the molecule is CCC(Nc1ccccc1-c1cccs1)c1ccco1. The van der Waals surface area contributed by atoms with Gasteiger partial charge in [0.05, 0.1) is 12.3 Å². The molecular weight excluding hydrogens is 266 g/mol. The molecule has 1 atom stereocenters. The summed E-state index contributed by atoms with van der Waals surface area (Å²) in [5.41, 5.74) is 2.39. The van der Waals surface area contributed by atoms with Crippen LogP contribution in [0.5, 0.6) is 0 Å². The van der Waals surface area contributed by atoms with E-state index in [0.29, 0.717) is 0 Å². The molecule has 20 heavy (non-hydrogen) atoms. The molecule has 2 nitrogen and oxygen atoms in total. The third-order valence-electron chi connectivity index (χ3n) is 3.34. The molecule has 3 heteroatoms. The molecule has 3 rings (SSSR count). The van der Waals surface area contributed by atoms with E-state index in [1.54, 1.807) is 17.6 Å². The van der Waals surface area contributed by atoms with Crippen molar-refractivity contribution in [3.63, 3.8) is 0 Å². The Labute approximate surface area is 123 Å². The zero-order valence-corrected chi connectivity index (χ0v) is 12.2. The predicted molar refractivity (Wildman–Crippen MR) is 85.1 cm³/mol. The molecule has 1 aromatic carbocycles. The molecule has 1 unspecified atom stereocenters. The lowest BCUT2D eigenvalue weighted by Gasteiger charge is -2.18. The second-order valence-electron chi connectivity index (χ2n) is 4.64. The van der Waals surface area contributed by atoms with Crippen LogP contribution in [0.2, 0.25) is 0 Å². The minimum atomic E-state index is 0.200. The fraction of sp³-hybridized carbons (Fsp3) is 0.176. The molecule has 0 radical (unpaired) electrons. The average molecular weight is 283 g/mol. The Morgan fingerprint density at radius 3 is 2.70 bits per heavy atom. The summed E-state index contributed by atoms with van der Waals surface area (Å²) in [6, 6.07) is 16.8. The predicted octanol–water partition coefficient (Wildman–Crippen LogP) is 5.57. The normalized spacial score (nSPS) is 12.2. The van der Waals surface area contributed by atoms with Gasteiger partial charge in [0.1, 0.15) is 5.76 Å². The third kappa shape index (κ3) is 2.63. The van der Waals surface area contributed by atoms with Gasteiger partial charge in [-0.25, -0.2) is 0 Å². The lowest BCUT2D eigenvalue weighted by atomic mass is 10.1. The molecular formula is C17H17NOS. The smallest absolute Gasteiger partial charge is 0.125 e. The van der Waals surface area contributed by atoms with Crippen molar-refractivity contribution in [1.82, 2.24) is 0 Å². The second-order valence-corrected chi connectivity index (χ2v) is 5.59. The lowest BCUT2D eigenvalue weighted by Crippen LogP contribution is -2.09. The summed E-state index contributed by atoms with van der Waals surface area (Å²) in [5, 5.41) is 5.71.